The Bertz CT molecular complexity index is 1680. The first-order valence-electron chi connectivity index (χ1n) is 10.7. The zero-order valence-corrected chi connectivity index (χ0v) is 17.9. The van der Waals surface area contributed by atoms with Crippen molar-refractivity contribution in [3.8, 4) is 34.8 Å². The van der Waals surface area contributed by atoms with Gasteiger partial charge in [0.25, 0.3) is 0 Å². The molecule has 160 valence electrons. The van der Waals surface area contributed by atoms with Crippen molar-refractivity contribution in [2.24, 2.45) is 0 Å². The summed E-state index contributed by atoms with van der Waals surface area (Å²) in [4.78, 5) is 14.3. The third kappa shape index (κ3) is 3.19. The highest BCUT2D eigenvalue weighted by atomic mass is 19.1. The van der Waals surface area contributed by atoms with Gasteiger partial charge in [-0.2, -0.15) is 15.2 Å². The molecule has 6 aromatic rings. The molecular weight excluding hydrogens is 425 g/mol. The summed E-state index contributed by atoms with van der Waals surface area (Å²) >= 11 is 0. The van der Waals surface area contributed by atoms with Crippen molar-refractivity contribution in [3.63, 3.8) is 0 Å². The second kappa shape index (κ2) is 7.91. The summed E-state index contributed by atoms with van der Waals surface area (Å²) in [5, 5.41) is 11.5. The second-order valence-corrected chi connectivity index (χ2v) is 7.82. The number of aromatic nitrogens is 4. The molecule has 0 radical (unpaired) electrons. The first kappa shape index (κ1) is 19.8. The Morgan fingerprint density at radius 2 is 1.24 bits per heavy atom. The summed E-state index contributed by atoms with van der Waals surface area (Å²) in [5.74, 6) is 0.725. The largest absolute Gasteiger partial charge is 0.278 e. The molecule has 34 heavy (non-hydrogen) atoms. The molecular formula is C28H16FN5. The van der Waals surface area contributed by atoms with Crippen LogP contribution in [0.3, 0.4) is 0 Å². The Hall–Kier alpha value is -4.89. The first-order valence-corrected chi connectivity index (χ1v) is 10.7. The third-order valence-corrected chi connectivity index (χ3v) is 5.78. The van der Waals surface area contributed by atoms with Crippen LogP contribution < -0.4 is 0 Å². The minimum absolute atomic E-state index is 0.0578. The van der Waals surface area contributed by atoms with Crippen molar-refractivity contribution >= 4 is 21.8 Å². The van der Waals surface area contributed by atoms with Gasteiger partial charge in [-0.05, 0) is 30.3 Å². The highest BCUT2D eigenvalue weighted by Crippen LogP contribution is 2.32. The molecule has 0 atom stereocenters. The summed E-state index contributed by atoms with van der Waals surface area (Å²) in [6, 6.07) is 32.0. The molecule has 0 bridgehead atoms. The Morgan fingerprint density at radius 3 is 1.88 bits per heavy atom. The van der Waals surface area contributed by atoms with E-state index >= 15 is 0 Å². The van der Waals surface area contributed by atoms with Gasteiger partial charge in [-0.15, -0.1) is 0 Å². The van der Waals surface area contributed by atoms with E-state index in [1.165, 1.54) is 12.1 Å². The standard InChI is InChI=1S/C28H16FN5/c29-23-15-14-19(16-20(23)17-30)27-31-26(18-8-2-1-3-9-18)32-28(33-27)34-24-12-6-4-10-21(24)22-11-5-7-13-25(22)34/h1-16H. The highest BCUT2D eigenvalue weighted by molar-refractivity contribution is 6.08. The van der Waals surface area contributed by atoms with Crippen LogP contribution in [0.25, 0.3) is 50.5 Å². The number of benzene rings is 4. The fraction of sp³-hybridized carbons (Fsp3) is 0. The molecule has 0 amide bonds. The van der Waals surface area contributed by atoms with Gasteiger partial charge in [0.2, 0.25) is 5.95 Å². The van der Waals surface area contributed by atoms with Crippen LogP contribution in [-0.2, 0) is 0 Å². The molecule has 0 aliphatic heterocycles. The van der Waals surface area contributed by atoms with Crippen molar-refractivity contribution < 1.29 is 4.39 Å². The molecule has 0 spiro atoms. The van der Waals surface area contributed by atoms with Crippen LogP contribution in [-0.4, -0.2) is 19.5 Å². The van der Waals surface area contributed by atoms with E-state index in [0.717, 1.165) is 27.4 Å². The van der Waals surface area contributed by atoms with E-state index < -0.39 is 5.82 Å². The second-order valence-electron chi connectivity index (χ2n) is 7.82. The van der Waals surface area contributed by atoms with Crippen molar-refractivity contribution in [1.29, 1.82) is 5.26 Å². The number of hydrogen-bond acceptors (Lipinski definition) is 4. The van der Waals surface area contributed by atoms with Gasteiger partial charge in [-0.25, -0.2) is 9.37 Å². The van der Waals surface area contributed by atoms with Gasteiger partial charge in [-0.1, -0.05) is 66.7 Å². The third-order valence-electron chi connectivity index (χ3n) is 5.78. The molecule has 0 unspecified atom stereocenters. The lowest BCUT2D eigenvalue weighted by Crippen LogP contribution is -2.06. The Balaban J connectivity index is 1.68. The molecule has 2 aromatic heterocycles. The van der Waals surface area contributed by atoms with Gasteiger partial charge in [0.05, 0.1) is 16.6 Å². The van der Waals surface area contributed by atoms with E-state index in [4.69, 9.17) is 9.97 Å². The van der Waals surface area contributed by atoms with Gasteiger partial charge in [0.15, 0.2) is 11.6 Å². The summed E-state index contributed by atoms with van der Waals surface area (Å²) in [7, 11) is 0. The summed E-state index contributed by atoms with van der Waals surface area (Å²) in [5.41, 5.74) is 3.25. The number of hydrogen-bond donors (Lipinski definition) is 0. The summed E-state index contributed by atoms with van der Waals surface area (Å²) in [6.45, 7) is 0. The zero-order chi connectivity index (χ0) is 23.1. The molecule has 0 fully saturated rings. The van der Waals surface area contributed by atoms with Crippen molar-refractivity contribution in [3.05, 3.63) is 108 Å². The topological polar surface area (TPSA) is 67.4 Å². The predicted molar refractivity (Wildman–Crippen MR) is 130 cm³/mol. The fourth-order valence-corrected chi connectivity index (χ4v) is 4.20. The van der Waals surface area contributed by atoms with Gasteiger partial charge >= 0.3 is 0 Å². The van der Waals surface area contributed by atoms with E-state index in [0.29, 0.717) is 23.2 Å². The van der Waals surface area contributed by atoms with E-state index in [1.54, 1.807) is 6.07 Å². The first-order chi connectivity index (χ1) is 16.7. The van der Waals surface area contributed by atoms with Crippen LogP contribution in [0, 0.1) is 17.1 Å². The normalized spacial score (nSPS) is 11.1. The zero-order valence-electron chi connectivity index (χ0n) is 17.9. The fourth-order valence-electron chi connectivity index (χ4n) is 4.20. The van der Waals surface area contributed by atoms with E-state index in [1.807, 2.05) is 77.4 Å². The molecule has 0 aliphatic carbocycles. The van der Waals surface area contributed by atoms with E-state index in [2.05, 4.69) is 17.1 Å². The SMILES string of the molecule is N#Cc1cc(-c2nc(-c3ccccc3)nc(-n3c4ccccc4c4ccccc43)n2)ccc1F. The highest BCUT2D eigenvalue weighted by Gasteiger charge is 2.17. The van der Waals surface area contributed by atoms with Crippen LogP contribution >= 0.6 is 0 Å². The maximum Gasteiger partial charge on any atom is 0.238 e. The monoisotopic (exact) mass is 441 g/mol. The summed E-state index contributed by atoms with van der Waals surface area (Å²) < 4.78 is 16.0. The van der Waals surface area contributed by atoms with Crippen LogP contribution in [0.1, 0.15) is 5.56 Å². The molecule has 2 heterocycles. The number of halogens is 1. The van der Waals surface area contributed by atoms with Crippen LogP contribution in [0.2, 0.25) is 0 Å². The Kier molecular flexibility index (Phi) is 4.60. The van der Waals surface area contributed by atoms with Gasteiger partial charge in [-0.3, -0.25) is 4.57 Å². The number of nitrogens with zero attached hydrogens (tertiary/aromatic N) is 5. The summed E-state index contributed by atoms with van der Waals surface area (Å²) in [6.07, 6.45) is 0. The maximum absolute atomic E-state index is 14.0. The molecule has 5 nitrogen and oxygen atoms in total. The number of para-hydroxylation sites is 2. The lowest BCUT2D eigenvalue weighted by Gasteiger charge is -2.11. The smallest absolute Gasteiger partial charge is 0.238 e. The number of rotatable bonds is 3. The molecule has 0 N–H and O–H groups in total. The molecule has 6 rings (SSSR count). The van der Waals surface area contributed by atoms with Gasteiger partial charge in [0, 0.05) is 21.9 Å². The minimum Gasteiger partial charge on any atom is -0.278 e. The van der Waals surface area contributed by atoms with Crippen LogP contribution in [0.15, 0.2) is 97.1 Å². The maximum atomic E-state index is 14.0. The molecule has 4 aromatic carbocycles. The Morgan fingerprint density at radius 1 is 0.647 bits per heavy atom. The van der Waals surface area contributed by atoms with Crippen molar-refractivity contribution in [2.45, 2.75) is 0 Å². The molecule has 6 heteroatoms. The van der Waals surface area contributed by atoms with Gasteiger partial charge in [0.1, 0.15) is 11.9 Å². The van der Waals surface area contributed by atoms with Crippen LogP contribution in [0.5, 0.6) is 0 Å². The van der Waals surface area contributed by atoms with Crippen molar-refractivity contribution in [1.82, 2.24) is 19.5 Å². The van der Waals surface area contributed by atoms with Crippen LogP contribution in [0.4, 0.5) is 4.39 Å². The molecule has 0 saturated heterocycles. The Labute approximate surface area is 194 Å². The van der Waals surface area contributed by atoms with E-state index in [-0.39, 0.29) is 5.56 Å². The van der Waals surface area contributed by atoms with E-state index in [9.17, 15) is 9.65 Å². The van der Waals surface area contributed by atoms with Gasteiger partial charge < -0.3 is 0 Å². The minimum atomic E-state index is -0.578. The van der Waals surface area contributed by atoms with Crippen molar-refractivity contribution in [2.75, 3.05) is 0 Å². The number of fused-ring (bicyclic) bond motifs is 3. The molecule has 0 aliphatic rings. The number of nitriles is 1. The average molecular weight is 441 g/mol. The lowest BCUT2D eigenvalue weighted by atomic mass is 10.1. The molecule has 0 saturated carbocycles. The quantitative estimate of drug-likeness (QED) is 0.323. The average Bonchev–Trinajstić information content (AvgIpc) is 3.24. The predicted octanol–water partition coefficient (Wildman–Crippen LogP) is 6.31. The lowest BCUT2D eigenvalue weighted by molar-refractivity contribution is 0.624.